The van der Waals surface area contributed by atoms with Gasteiger partial charge < -0.3 is 18.9 Å². The van der Waals surface area contributed by atoms with Gasteiger partial charge >= 0.3 is 6.09 Å². The average molecular weight is 334 g/mol. The van der Waals surface area contributed by atoms with Crippen LogP contribution in [0.1, 0.15) is 48.0 Å². The molecular weight excluding hydrogens is 304 g/mol. The Balaban J connectivity index is 2.68. The van der Waals surface area contributed by atoms with E-state index in [0.29, 0.717) is 26.3 Å². The largest absolute Gasteiger partial charge is 0.598 e. The first-order valence-corrected chi connectivity index (χ1v) is 8.88. The van der Waals surface area contributed by atoms with E-state index in [4.69, 9.17) is 9.47 Å². The number of hydrogen-bond donors (Lipinski definition) is 1. The summed E-state index contributed by atoms with van der Waals surface area (Å²) >= 11 is -1.20. The molecule has 0 aromatic carbocycles. The molecule has 0 aromatic heterocycles. The number of nitrogens with one attached hydrogen (secondary N) is 1. The van der Waals surface area contributed by atoms with Crippen molar-refractivity contribution in [1.82, 2.24) is 9.62 Å². The van der Waals surface area contributed by atoms with Gasteiger partial charge in [-0.3, -0.25) is 0 Å². The number of rotatable bonds is 2. The molecule has 7 heteroatoms. The molecule has 1 amide bonds. The van der Waals surface area contributed by atoms with Gasteiger partial charge in [-0.05, 0) is 48.0 Å². The molecule has 1 saturated heterocycles. The highest BCUT2D eigenvalue weighted by Gasteiger charge is 2.32. The number of amides is 1. The van der Waals surface area contributed by atoms with Crippen molar-refractivity contribution in [3.05, 3.63) is 0 Å². The predicted octanol–water partition coefficient (Wildman–Crippen LogP) is 2.06. The van der Waals surface area contributed by atoms with Crippen LogP contribution in [0.5, 0.6) is 0 Å². The molecule has 2 atom stereocenters. The quantitative estimate of drug-likeness (QED) is 0.783. The third-order valence-electron chi connectivity index (χ3n) is 2.96. The van der Waals surface area contributed by atoms with Crippen LogP contribution < -0.4 is 4.72 Å². The van der Waals surface area contributed by atoms with Gasteiger partial charge in [0.15, 0.2) is 0 Å². The maximum absolute atomic E-state index is 12.3. The Bertz CT molecular complexity index is 366. The molecule has 22 heavy (non-hydrogen) atoms. The summed E-state index contributed by atoms with van der Waals surface area (Å²) in [5.41, 5.74) is -0.521. The third kappa shape index (κ3) is 7.17. The summed E-state index contributed by atoms with van der Waals surface area (Å²) in [4.78, 5) is 13.9. The molecule has 0 radical (unpaired) electrons. The highest BCUT2D eigenvalue weighted by Crippen LogP contribution is 2.16. The van der Waals surface area contributed by atoms with Crippen molar-refractivity contribution >= 4 is 17.5 Å². The number of nitrogens with zero attached hydrogens (tertiary/aromatic N) is 1. The van der Waals surface area contributed by atoms with Gasteiger partial charge in [0, 0.05) is 31.1 Å². The summed E-state index contributed by atoms with van der Waals surface area (Å²) in [5, 5.41) is 0. The van der Waals surface area contributed by atoms with Gasteiger partial charge in [-0.25, -0.2) is 4.79 Å². The van der Waals surface area contributed by atoms with Crippen LogP contribution in [0, 0.1) is 0 Å². The van der Waals surface area contributed by atoms with Gasteiger partial charge in [0.05, 0.1) is 12.6 Å². The lowest BCUT2D eigenvalue weighted by Gasteiger charge is -2.33. The van der Waals surface area contributed by atoms with Crippen molar-refractivity contribution in [3.8, 4) is 0 Å². The van der Waals surface area contributed by atoms with Crippen LogP contribution in [-0.4, -0.2) is 58.2 Å². The smallest absolute Gasteiger partial charge is 0.410 e. The number of ether oxygens (including phenoxy) is 2. The van der Waals surface area contributed by atoms with Crippen LogP contribution in [0.4, 0.5) is 4.79 Å². The minimum atomic E-state index is -1.20. The molecule has 0 saturated carbocycles. The van der Waals surface area contributed by atoms with Crippen LogP contribution >= 0.6 is 0 Å². The minimum absolute atomic E-state index is 0.173. The monoisotopic (exact) mass is 334 g/mol. The molecule has 1 fully saturated rings. The molecule has 1 heterocycles. The Morgan fingerprint density at radius 3 is 2.50 bits per heavy atom. The van der Waals surface area contributed by atoms with Crippen molar-refractivity contribution in [1.29, 1.82) is 0 Å². The van der Waals surface area contributed by atoms with Crippen LogP contribution in [-0.2, 0) is 20.8 Å². The third-order valence-corrected chi connectivity index (χ3v) is 4.62. The van der Waals surface area contributed by atoms with Gasteiger partial charge in [0.25, 0.3) is 0 Å². The number of carbonyl (C=O) groups excluding carboxylic acids is 1. The summed E-state index contributed by atoms with van der Waals surface area (Å²) < 4.78 is 25.9. The molecule has 0 spiro atoms. The van der Waals surface area contributed by atoms with Crippen LogP contribution in [0.25, 0.3) is 0 Å². The second-order valence-corrected chi connectivity index (χ2v) is 9.55. The second-order valence-electron chi connectivity index (χ2n) is 7.55. The molecule has 130 valence electrons. The summed E-state index contributed by atoms with van der Waals surface area (Å²) in [6, 6.07) is -0.173. The van der Waals surface area contributed by atoms with E-state index in [-0.39, 0.29) is 16.9 Å². The van der Waals surface area contributed by atoms with Gasteiger partial charge in [0.1, 0.15) is 10.3 Å². The van der Waals surface area contributed by atoms with Gasteiger partial charge in [0.2, 0.25) is 0 Å². The molecule has 0 aromatic rings. The number of hydrogen-bond acceptors (Lipinski definition) is 5. The van der Waals surface area contributed by atoms with E-state index in [1.807, 2.05) is 41.5 Å². The summed E-state index contributed by atoms with van der Waals surface area (Å²) in [6.45, 7) is 13.3. The van der Waals surface area contributed by atoms with Gasteiger partial charge in [-0.1, -0.05) is 0 Å². The maximum atomic E-state index is 12.3. The molecule has 1 N–H and O–H groups in total. The van der Waals surface area contributed by atoms with Crippen LogP contribution in [0.15, 0.2) is 0 Å². The first-order chi connectivity index (χ1) is 9.99. The fourth-order valence-corrected chi connectivity index (χ4v) is 2.68. The van der Waals surface area contributed by atoms with Crippen molar-refractivity contribution in [2.75, 3.05) is 26.3 Å². The van der Waals surface area contributed by atoms with E-state index < -0.39 is 17.0 Å². The highest BCUT2D eigenvalue weighted by atomic mass is 32.2. The molecule has 1 aliphatic heterocycles. The molecule has 0 bridgehead atoms. The zero-order valence-electron chi connectivity index (χ0n) is 14.6. The van der Waals surface area contributed by atoms with Crippen molar-refractivity contribution < 1.29 is 18.8 Å². The molecule has 0 aliphatic carbocycles. The molecule has 6 nitrogen and oxygen atoms in total. The predicted molar refractivity (Wildman–Crippen MR) is 88.1 cm³/mol. The van der Waals surface area contributed by atoms with E-state index >= 15 is 0 Å². The average Bonchev–Trinajstić information content (AvgIpc) is 2.28. The lowest BCUT2D eigenvalue weighted by molar-refractivity contribution is 0.0117. The van der Waals surface area contributed by atoms with Crippen LogP contribution in [0.2, 0.25) is 0 Å². The van der Waals surface area contributed by atoms with E-state index in [9.17, 15) is 9.35 Å². The van der Waals surface area contributed by atoms with Crippen LogP contribution in [0.3, 0.4) is 0 Å². The second kappa shape index (κ2) is 7.86. The molecular formula is C15H30N2O4S. The SMILES string of the molecule is CC(C)(C)OC(=O)N1CCCOCC(N[S+]([O-])C(C)(C)C)C1. The molecule has 2 unspecified atom stereocenters. The van der Waals surface area contributed by atoms with E-state index in [1.54, 1.807) is 4.90 Å². The zero-order chi connectivity index (χ0) is 17.0. The lowest BCUT2D eigenvalue weighted by Crippen LogP contribution is -2.53. The fourth-order valence-electron chi connectivity index (χ4n) is 1.88. The Morgan fingerprint density at radius 2 is 1.95 bits per heavy atom. The summed E-state index contributed by atoms with van der Waals surface area (Å²) in [6.07, 6.45) is 0.441. The highest BCUT2D eigenvalue weighted by molar-refractivity contribution is 7.90. The first-order valence-electron chi connectivity index (χ1n) is 7.73. The van der Waals surface area contributed by atoms with Crippen molar-refractivity contribution in [2.24, 2.45) is 0 Å². The summed E-state index contributed by atoms with van der Waals surface area (Å²) in [7, 11) is 0. The van der Waals surface area contributed by atoms with E-state index in [0.717, 1.165) is 6.42 Å². The van der Waals surface area contributed by atoms with E-state index in [2.05, 4.69) is 4.72 Å². The number of carbonyl (C=O) groups is 1. The Kier molecular flexibility index (Phi) is 6.98. The van der Waals surface area contributed by atoms with Crippen molar-refractivity contribution in [3.63, 3.8) is 0 Å². The topological polar surface area (TPSA) is 73.9 Å². The zero-order valence-corrected chi connectivity index (χ0v) is 15.4. The van der Waals surface area contributed by atoms with E-state index in [1.165, 1.54) is 0 Å². The standard InChI is InChI=1S/C15H30N2O4S/c1-14(2,3)21-13(18)17-8-7-9-20-11-12(10-17)16-22(19)15(4,5)6/h12,16H,7-11H2,1-6H3. The molecule has 1 rings (SSSR count). The normalized spacial score (nSPS) is 22.7. The maximum Gasteiger partial charge on any atom is 0.410 e. The Hall–Kier alpha value is -0.500. The lowest BCUT2D eigenvalue weighted by atomic mass is 10.2. The fraction of sp³-hybridized carbons (Fsp3) is 0.933. The summed E-state index contributed by atoms with van der Waals surface area (Å²) in [5.74, 6) is 0. The first kappa shape index (κ1) is 19.5. The van der Waals surface area contributed by atoms with Gasteiger partial charge in [-0.2, -0.15) is 0 Å². The Morgan fingerprint density at radius 1 is 1.32 bits per heavy atom. The van der Waals surface area contributed by atoms with Gasteiger partial charge in [-0.15, -0.1) is 4.72 Å². The minimum Gasteiger partial charge on any atom is -0.598 e. The molecule has 1 aliphatic rings. The van der Waals surface area contributed by atoms with Crippen molar-refractivity contribution in [2.45, 2.75) is 64.4 Å². The Labute approximate surface area is 137 Å².